The first kappa shape index (κ1) is 24.1. The maximum absolute atomic E-state index is 14.3. The molecule has 1 atom stereocenters. The predicted molar refractivity (Wildman–Crippen MR) is 125 cm³/mol. The van der Waals surface area contributed by atoms with Crippen LogP contribution in [0.2, 0.25) is 0 Å². The van der Waals surface area contributed by atoms with E-state index in [1.807, 2.05) is 42.3 Å². The number of piperazine rings is 1. The molecule has 0 saturated carbocycles. The van der Waals surface area contributed by atoms with Crippen molar-refractivity contribution in [2.45, 2.75) is 19.3 Å². The minimum atomic E-state index is -0.879. The van der Waals surface area contributed by atoms with Crippen molar-refractivity contribution >= 4 is 11.8 Å². The standard InChI is InChI=1S/C26H31F2N3O3/c1-29-13-15-30(16-14-29)23(32)17-26(19-34-20-7-3-2-4-8-20)11-6-12-31(18-26)25(33)24-21(27)9-5-10-22(24)28/h2-5,7-10H,6,11-19H2,1H3. The largest absolute Gasteiger partial charge is 0.493 e. The van der Waals surface area contributed by atoms with E-state index in [9.17, 15) is 18.4 Å². The maximum atomic E-state index is 14.3. The molecule has 0 aromatic heterocycles. The minimum absolute atomic E-state index is 0.0242. The fourth-order valence-electron chi connectivity index (χ4n) is 4.80. The average molecular weight is 472 g/mol. The molecule has 2 aromatic rings. The number of carbonyl (C=O) groups excluding carboxylic acids is 2. The maximum Gasteiger partial charge on any atom is 0.259 e. The van der Waals surface area contributed by atoms with Crippen LogP contribution in [-0.4, -0.2) is 79.4 Å². The first-order valence-corrected chi connectivity index (χ1v) is 11.7. The second-order valence-electron chi connectivity index (χ2n) is 9.39. The number of carbonyl (C=O) groups is 2. The number of amides is 2. The van der Waals surface area contributed by atoms with Crippen LogP contribution in [0.4, 0.5) is 8.78 Å². The first-order valence-electron chi connectivity index (χ1n) is 11.7. The zero-order chi connectivity index (χ0) is 24.1. The van der Waals surface area contributed by atoms with E-state index in [-0.39, 0.29) is 25.5 Å². The summed E-state index contributed by atoms with van der Waals surface area (Å²) >= 11 is 0. The number of hydrogen-bond acceptors (Lipinski definition) is 4. The molecule has 0 bridgehead atoms. The fourth-order valence-corrected chi connectivity index (χ4v) is 4.80. The lowest BCUT2D eigenvalue weighted by Gasteiger charge is -2.43. The summed E-state index contributed by atoms with van der Waals surface area (Å²) in [7, 11) is 2.03. The molecule has 0 spiro atoms. The number of benzene rings is 2. The number of halogens is 2. The van der Waals surface area contributed by atoms with Gasteiger partial charge < -0.3 is 19.4 Å². The van der Waals surface area contributed by atoms with E-state index in [2.05, 4.69) is 4.90 Å². The number of nitrogens with zero attached hydrogens (tertiary/aromatic N) is 3. The third-order valence-electron chi connectivity index (χ3n) is 6.80. The summed E-state index contributed by atoms with van der Waals surface area (Å²) in [4.78, 5) is 31.9. The molecule has 2 aromatic carbocycles. The zero-order valence-corrected chi connectivity index (χ0v) is 19.5. The van der Waals surface area contributed by atoms with Gasteiger partial charge in [-0.25, -0.2) is 8.78 Å². The molecule has 2 aliphatic rings. The van der Waals surface area contributed by atoms with E-state index in [1.54, 1.807) is 0 Å². The highest BCUT2D eigenvalue weighted by atomic mass is 19.1. The SMILES string of the molecule is CN1CCN(C(=O)CC2(COc3ccccc3)CCCN(C(=O)c3c(F)cccc3F)C2)CC1. The van der Waals surface area contributed by atoms with Crippen molar-refractivity contribution in [2.24, 2.45) is 5.41 Å². The Morgan fingerprint density at radius 2 is 1.59 bits per heavy atom. The van der Waals surface area contributed by atoms with Crippen molar-refractivity contribution in [3.8, 4) is 5.75 Å². The summed E-state index contributed by atoms with van der Waals surface area (Å²) in [6.07, 6.45) is 1.52. The van der Waals surface area contributed by atoms with Crippen LogP contribution < -0.4 is 4.74 Å². The number of hydrogen-bond donors (Lipinski definition) is 0. The molecule has 1 unspecified atom stereocenters. The number of likely N-dealkylation sites (N-methyl/N-ethyl adjacent to an activating group) is 1. The van der Waals surface area contributed by atoms with E-state index in [0.717, 1.165) is 25.2 Å². The van der Waals surface area contributed by atoms with Gasteiger partial charge in [-0.05, 0) is 44.2 Å². The van der Waals surface area contributed by atoms with Gasteiger partial charge >= 0.3 is 0 Å². The summed E-state index contributed by atoms with van der Waals surface area (Å²) in [5.41, 5.74) is -1.20. The highest BCUT2D eigenvalue weighted by molar-refractivity contribution is 5.95. The molecule has 34 heavy (non-hydrogen) atoms. The molecule has 182 valence electrons. The Balaban J connectivity index is 1.55. The minimum Gasteiger partial charge on any atom is -0.493 e. The van der Waals surface area contributed by atoms with Gasteiger partial charge in [-0.3, -0.25) is 9.59 Å². The normalized spacial score (nSPS) is 21.4. The van der Waals surface area contributed by atoms with E-state index in [1.165, 1.54) is 11.0 Å². The molecule has 2 heterocycles. The zero-order valence-electron chi connectivity index (χ0n) is 19.5. The molecule has 0 aliphatic carbocycles. The van der Waals surface area contributed by atoms with Crippen LogP contribution in [0, 0.1) is 17.0 Å². The van der Waals surface area contributed by atoms with Gasteiger partial charge in [0.1, 0.15) is 22.9 Å². The third-order valence-corrected chi connectivity index (χ3v) is 6.80. The van der Waals surface area contributed by atoms with Gasteiger partial charge in [0.15, 0.2) is 0 Å². The number of piperidine rings is 1. The monoisotopic (exact) mass is 471 g/mol. The van der Waals surface area contributed by atoms with Crippen LogP contribution in [0.3, 0.4) is 0 Å². The summed E-state index contributed by atoms with van der Waals surface area (Å²) in [5, 5.41) is 0. The van der Waals surface area contributed by atoms with Crippen LogP contribution in [0.25, 0.3) is 0 Å². The lowest BCUT2D eigenvalue weighted by Crippen LogP contribution is -2.53. The van der Waals surface area contributed by atoms with E-state index >= 15 is 0 Å². The van der Waals surface area contributed by atoms with Crippen molar-refractivity contribution in [3.63, 3.8) is 0 Å². The predicted octanol–water partition coefficient (Wildman–Crippen LogP) is 3.43. The Morgan fingerprint density at radius 1 is 0.912 bits per heavy atom. The van der Waals surface area contributed by atoms with E-state index in [0.29, 0.717) is 38.2 Å². The quantitative estimate of drug-likeness (QED) is 0.648. The van der Waals surface area contributed by atoms with Crippen LogP contribution in [-0.2, 0) is 4.79 Å². The van der Waals surface area contributed by atoms with Crippen molar-refractivity contribution in [1.29, 1.82) is 0 Å². The molecule has 6 nitrogen and oxygen atoms in total. The molecule has 2 fully saturated rings. The highest BCUT2D eigenvalue weighted by Gasteiger charge is 2.42. The van der Waals surface area contributed by atoms with Gasteiger partial charge in [-0.2, -0.15) is 0 Å². The first-order chi connectivity index (χ1) is 16.4. The lowest BCUT2D eigenvalue weighted by molar-refractivity contribution is -0.137. The number of ether oxygens (including phenoxy) is 1. The summed E-state index contributed by atoms with van der Waals surface area (Å²) in [6, 6.07) is 12.7. The molecule has 2 saturated heterocycles. The summed E-state index contributed by atoms with van der Waals surface area (Å²) < 4.78 is 34.7. The molecule has 2 amide bonds. The van der Waals surface area contributed by atoms with Gasteiger partial charge in [0.25, 0.3) is 5.91 Å². The molecule has 0 N–H and O–H groups in total. The van der Waals surface area contributed by atoms with Crippen molar-refractivity contribution < 1.29 is 23.1 Å². The van der Waals surface area contributed by atoms with Crippen molar-refractivity contribution in [1.82, 2.24) is 14.7 Å². The van der Waals surface area contributed by atoms with Crippen LogP contribution >= 0.6 is 0 Å². The highest BCUT2D eigenvalue weighted by Crippen LogP contribution is 2.36. The van der Waals surface area contributed by atoms with Gasteiger partial charge in [0, 0.05) is 51.1 Å². The second-order valence-corrected chi connectivity index (χ2v) is 9.39. The lowest BCUT2D eigenvalue weighted by atomic mass is 9.77. The number of para-hydroxylation sites is 1. The fraction of sp³-hybridized carbons (Fsp3) is 0.462. The van der Waals surface area contributed by atoms with Gasteiger partial charge in [0.2, 0.25) is 5.91 Å². The van der Waals surface area contributed by atoms with Gasteiger partial charge in [0.05, 0.1) is 6.61 Å². The molecule has 8 heteroatoms. The van der Waals surface area contributed by atoms with Crippen molar-refractivity contribution in [3.05, 3.63) is 65.7 Å². The van der Waals surface area contributed by atoms with Gasteiger partial charge in [-0.15, -0.1) is 0 Å². The number of rotatable bonds is 6. The van der Waals surface area contributed by atoms with Crippen LogP contribution in [0.5, 0.6) is 5.75 Å². The second kappa shape index (κ2) is 10.5. The van der Waals surface area contributed by atoms with Crippen molar-refractivity contribution in [2.75, 3.05) is 52.9 Å². The van der Waals surface area contributed by atoms with E-state index in [4.69, 9.17) is 4.74 Å². The molecule has 0 radical (unpaired) electrons. The molecular formula is C26H31F2N3O3. The Labute approximate surface area is 199 Å². The van der Waals surface area contributed by atoms with Crippen LogP contribution in [0.1, 0.15) is 29.6 Å². The third kappa shape index (κ3) is 5.55. The van der Waals surface area contributed by atoms with Gasteiger partial charge in [-0.1, -0.05) is 24.3 Å². The number of likely N-dealkylation sites (tertiary alicyclic amines) is 1. The van der Waals surface area contributed by atoms with Crippen LogP contribution in [0.15, 0.2) is 48.5 Å². The summed E-state index contributed by atoms with van der Waals surface area (Å²) in [6.45, 7) is 3.77. The molecule has 4 rings (SSSR count). The molecule has 2 aliphatic heterocycles. The summed E-state index contributed by atoms with van der Waals surface area (Å²) in [5.74, 6) is -1.74. The smallest absolute Gasteiger partial charge is 0.259 e. The van der Waals surface area contributed by atoms with E-state index < -0.39 is 28.5 Å². The Morgan fingerprint density at radius 3 is 2.26 bits per heavy atom. The Bertz CT molecular complexity index is 991. The Kier molecular flexibility index (Phi) is 7.46. The average Bonchev–Trinajstić information content (AvgIpc) is 2.84. The molecular weight excluding hydrogens is 440 g/mol. The topological polar surface area (TPSA) is 53.1 Å². The Hall–Kier alpha value is -3.00.